The molecule has 0 spiro atoms. The molecular formula is C20H30N5O+. The highest BCUT2D eigenvalue weighted by Gasteiger charge is 2.12. The fraction of sp³-hybridized carbons (Fsp3) is 0.450. The Kier molecular flexibility index (Phi) is 7.09. The predicted molar refractivity (Wildman–Crippen MR) is 106 cm³/mol. The molecule has 2 rings (SSSR count). The van der Waals surface area contributed by atoms with E-state index >= 15 is 0 Å². The van der Waals surface area contributed by atoms with E-state index in [2.05, 4.69) is 40.4 Å². The summed E-state index contributed by atoms with van der Waals surface area (Å²) in [5.41, 5.74) is 7.94. The summed E-state index contributed by atoms with van der Waals surface area (Å²) in [4.78, 5) is 10.2. The lowest BCUT2D eigenvalue weighted by atomic mass is 10.1. The molecule has 0 atom stereocenters. The van der Waals surface area contributed by atoms with E-state index in [0.29, 0.717) is 5.95 Å². The van der Waals surface area contributed by atoms with E-state index in [4.69, 9.17) is 4.74 Å². The molecular weight excluding hydrogens is 326 g/mol. The fourth-order valence-electron chi connectivity index (χ4n) is 2.89. The number of nitrogens with zero attached hydrogens (tertiary/aromatic N) is 3. The molecule has 0 aliphatic rings. The minimum Gasteiger partial charge on any atom is -0.496 e. The molecule has 26 heavy (non-hydrogen) atoms. The maximum atomic E-state index is 5.54. The van der Waals surface area contributed by atoms with Gasteiger partial charge in [-0.25, -0.2) is 15.4 Å². The van der Waals surface area contributed by atoms with Crippen molar-refractivity contribution in [1.29, 1.82) is 0 Å². The topological polar surface area (TPSA) is 63.8 Å². The van der Waals surface area contributed by atoms with E-state index in [1.807, 2.05) is 39.0 Å². The Morgan fingerprint density at radius 3 is 2.35 bits per heavy atom. The van der Waals surface area contributed by atoms with E-state index in [1.54, 1.807) is 7.11 Å². The number of aryl methyl sites for hydroxylation is 2. The molecule has 0 unspecified atom stereocenters. The van der Waals surface area contributed by atoms with Gasteiger partial charge in [0.25, 0.3) is 0 Å². The van der Waals surface area contributed by atoms with Crippen molar-refractivity contribution < 1.29 is 9.64 Å². The standard InChI is InChI=1S/C20H29N5O/c1-7-25(8-2)13-18-12-17(9-10-19(18)26-6)16(5)23-24-20-21-14(3)11-15(4)22-20/h9-12H,7-8,13H2,1-6H3,(H,21,22,24)/p+1/b23-16-. The van der Waals surface area contributed by atoms with Crippen LogP contribution in [0.1, 0.15) is 43.3 Å². The highest BCUT2D eigenvalue weighted by atomic mass is 16.5. The summed E-state index contributed by atoms with van der Waals surface area (Å²) in [6, 6.07) is 8.14. The van der Waals surface area contributed by atoms with Crippen molar-refractivity contribution in [3.05, 3.63) is 46.8 Å². The first-order valence-electron chi connectivity index (χ1n) is 9.10. The van der Waals surface area contributed by atoms with Gasteiger partial charge in [-0.2, -0.15) is 5.10 Å². The summed E-state index contributed by atoms with van der Waals surface area (Å²) in [6.07, 6.45) is 0. The molecule has 0 fully saturated rings. The van der Waals surface area contributed by atoms with Gasteiger partial charge in [0.2, 0.25) is 5.95 Å². The van der Waals surface area contributed by atoms with E-state index in [-0.39, 0.29) is 0 Å². The number of anilines is 1. The van der Waals surface area contributed by atoms with Gasteiger partial charge in [-0.05, 0) is 64.4 Å². The van der Waals surface area contributed by atoms with Gasteiger partial charge in [0.05, 0.1) is 25.9 Å². The van der Waals surface area contributed by atoms with E-state index < -0.39 is 0 Å². The molecule has 0 amide bonds. The van der Waals surface area contributed by atoms with Gasteiger partial charge in [-0.3, -0.25) is 0 Å². The lowest BCUT2D eigenvalue weighted by molar-refractivity contribution is -0.910. The number of aromatic nitrogens is 2. The van der Waals surface area contributed by atoms with Crippen molar-refractivity contribution in [3.63, 3.8) is 0 Å². The average molecular weight is 356 g/mol. The summed E-state index contributed by atoms with van der Waals surface area (Å²) >= 11 is 0. The van der Waals surface area contributed by atoms with Crippen LogP contribution in [0.3, 0.4) is 0 Å². The number of quaternary nitrogens is 1. The number of methoxy groups -OCH3 is 1. The van der Waals surface area contributed by atoms with Crippen LogP contribution in [0, 0.1) is 13.8 Å². The molecule has 2 N–H and O–H groups in total. The Balaban J connectivity index is 2.23. The maximum Gasteiger partial charge on any atom is 0.243 e. The number of hydrogen-bond donors (Lipinski definition) is 2. The molecule has 1 aromatic carbocycles. The molecule has 0 radical (unpaired) electrons. The number of benzene rings is 1. The van der Waals surface area contributed by atoms with Gasteiger partial charge in [-0.1, -0.05) is 0 Å². The molecule has 0 aliphatic heterocycles. The average Bonchev–Trinajstić information content (AvgIpc) is 2.63. The first-order chi connectivity index (χ1) is 12.5. The molecule has 0 bridgehead atoms. The predicted octanol–water partition coefficient (Wildman–Crippen LogP) is 2.36. The zero-order chi connectivity index (χ0) is 19.1. The summed E-state index contributed by atoms with van der Waals surface area (Å²) in [6.45, 7) is 13.4. The quantitative estimate of drug-likeness (QED) is 0.563. The molecule has 6 heteroatoms. The second-order valence-electron chi connectivity index (χ2n) is 6.44. The van der Waals surface area contributed by atoms with Crippen LogP contribution < -0.4 is 15.1 Å². The third-order valence-corrected chi connectivity index (χ3v) is 4.44. The number of nitrogens with one attached hydrogen (secondary N) is 2. The molecule has 1 aromatic heterocycles. The largest absolute Gasteiger partial charge is 0.496 e. The van der Waals surface area contributed by atoms with Crippen LogP contribution >= 0.6 is 0 Å². The number of rotatable bonds is 8. The van der Waals surface area contributed by atoms with Crippen LogP contribution in [0.15, 0.2) is 29.4 Å². The summed E-state index contributed by atoms with van der Waals surface area (Å²) < 4.78 is 5.54. The molecule has 6 nitrogen and oxygen atoms in total. The second-order valence-corrected chi connectivity index (χ2v) is 6.44. The number of hydrazone groups is 1. The summed E-state index contributed by atoms with van der Waals surface area (Å²) in [5.74, 6) is 1.44. The Bertz CT molecular complexity index is 749. The van der Waals surface area contributed by atoms with E-state index in [1.165, 1.54) is 10.5 Å². The SMILES string of the molecule is CC[NH+](CC)Cc1cc(/C(C)=N\Nc2nc(C)cc(C)n2)ccc1OC. The molecule has 0 aliphatic carbocycles. The Labute approximate surface area is 156 Å². The zero-order valence-corrected chi connectivity index (χ0v) is 16.7. The zero-order valence-electron chi connectivity index (χ0n) is 16.7. The first-order valence-corrected chi connectivity index (χ1v) is 9.10. The molecule has 2 aromatic rings. The highest BCUT2D eigenvalue weighted by Crippen LogP contribution is 2.20. The van der Waals surface area contributed by atoms with Gasteiger partial charge in [0.1, 0.15) is 12.3 Å². The van der Waals surface area contributed by atoms with Crippen LogP contribution in [-0.4, -0.2) is 35.9 Å². The minimum atomic E-state index is 0.517. The smallest absolute Gasteiger partial charge is 0.243 e. The fourth-order valence-corrected chi connectivity index (χ4v) is 2.89. The maximum absolute atomic E-state index is 5.54. The number of ether oxygens (including phenoxy) is 1. The van der Waals surface area contributed by atoms with Gasteiger partial charge in [0, 0.05) is 17.0 Å². The molecule has 140 valence electrons. The highest BCUT2D eigenvalue weighted by molar-refractivity contribution is 5.99. The normalized spacial score (nSPS) is 11.7. The Morgan fingerprint density at radius 1 is 1.12 bits per heavy atom. The third kappa shape index (κ3) is 5.26. The van der Waals surface area contributed by atoms with Crippen molar-refractivity contribution in [2.75, 3.05) is 25.6 Å². The first kappa shape index (κ1) is 19.8. The minimum absolute atomic E-state index is 0.517. The van der Waals surface area contributed by atoms with E-state index in [0.717, 1.165) is 48.0 Å². The van der Waals surface area contributed by atoms with Crippen molar-refractivity contribution in [1.82, 2.24) is 9.97 Å². The van der Waals surface area contributed by atoms with Crippen molar-refractivity contribution in [3.8, 4) is 5.75 Å². The monoisotopic (exact) mass is 356 g/mol. The van der Waals surface area contributed by atoms with Crippen LogP contribution in [0.4, 0.5) is 5.95 Å². The Morgan fingerprint density at radius 2 is 1.77 bits per heavy atom. The number of hydrogen-bond acceptors (Lipinski definition) is 5. The summed E-state index contributed by atoms with van der Waals surface area (Å²) in [7, 11) is 1.72. The van der Waals surface area contributed by atoms with Crippen molar-refractivity contribution >= 4 is 11.7 Å². The molecule has 1 heterocycles. The van der Waals surface area contributed by atoms with Crippen LogP contribution in [0.25, 0.3) is 0 Å². The van der Waals surface area contributed by atoms with Gasteiger partial charge >= 0.3 is 0 Å². The van der Waals surface area contributed by atoms with Crippen molar-refractivity contribution in [2.45, 2.75) is 41.2 Å². The second kappa shape index (κ2) is 9.29. The molecule has 0 saturated heterocycles. The lowest BCUT2D eigenvalue weighted by Gasteiger charge is -2.18. The van der Waals surface area contributed by atoms with Gasteiger partial charge < -0.3 is 9.64 Å². The van der Waals surface area contributed by atoms with Gasteiger partial charge in [-0.15, -0.1) is 0 Å². The molecule has 0 saturated carbocycles. The Hall–Kier alpha value is -2.47. The van der Waals surface area contributed by atoms with Crippen LogP contribution in [-0.2, 0) is 6.54 Å². The van der Waals surface area contributed by atoms with Gasteiger partial charge in [0.15, 0.2) is 0 Å². The van der Waals surface area contributed by atoms with E-state index in [9.17, 15) is 0 Å². The van der Waals surface area contributed by atoms with Crippen molar-refractivity contribution in [2.24, 2.45) is 5.10 Å². The summed E-state index contributed by atoms with van der Waals surface area (Å²) in [5, 5.41) is 4.46. The van der Waals surface area contributed by atoms with Crippen LogP contribution in [0.2, 0.25) is 0 Å². The lowest BCUT2D eigenvalue weighted by Crippen LogP contribution is -3.10. The third-order valence-electron chi connectivity index (χ3n) is 4.44. The van der Waals surface area contributed by atoms with Crippen LogP contribution in [0.5, 0.6) is 5.75 Å².